The fraction of sp³-hybridized carbons (Fsp3) is 0.467. The molecule has 0 heterocycles. The topological polar surface area (TPSA) is 64.6 Å². The van der Waals surface area contributed by atoms with Gasteiger partial charge in [0.2, 0.25) is 0 Å². The smallest absolute Gasteiger partial charge is 0.412 e. The van der Waals surface area contributed by atoms with Crippen molar-refractivity contribution >= 4 is 17.7 Å². The zero-order valence-corrected chi connectivity index (χ0v) is 12.7. The Morgan fingerprint density at radius 1 is 1.29 bits per heavy atom. The highest BCUT2D eigenvalue weighted by molar-refractivity contribution is 5.88. The lowest BCUT2D eigenvalue weighted by Gasteiger charge is -2.20. The van der Waals surface area contributed by atoms with E-state index in [4.69, 9.17) is 9.47 Å². The molecule has 0 saturated heterocycles. The highest BCUT2D eigenvalue weighted by Gasteiger charge is 2.20. The van der Waals surface area contributed by atoms with Gasteiger partial charge < -0.3 is 9.47 Å². The van der Waals surface area contributed by atoms with Crippen LogP contribution in [-0.4, -0.2) is 17.7 Å². The first-order chi connectivity index (χ1) is 9.73. The molecule has 1 aromatic rings. The Morgan fingerprint density at radius 3 is 2.52 bits per heavy atom. The summed E-state index contributed by atoms with van der Waals surface area (Å²) in [5.74, 6) is -1.24. The van der Waals surface area contributed by atoms with Gasteiger partial charge in [-0.3, -0.25) is 10.1 Å². The molecule has 0 aliphatic rings. The van der Waals surface area contributed by atoms with Crippen LogP contribution in [0, 0.1) is 5.82 Å². The van der Waals surface area contributed by atoms with Crippen molar-refractivity contribution in [2.75, 3.05) is 5.32 Å². The van der Waals surface area contributed by atoms with Gasteiger partial charge in [-0.05, 0) is 39.3 Å². The van der Waals surface area contributed by atoms with E-state index in [0.717, 1.165) is 6.07 Å². The highest BCUT2D eigenvalue weighted by atomic mass is 19.1. The average Bonchev–Trinajstić information content (AvgIpc) is 2.31. The molecule has 0 spiro atoms. The predicted molar refractivity (Wildman–Crippen MR) is 76.8 cm³/mol. The number of benzene rings is 1. The van der Waals surface area contributed by atoms with Gasteiger partial charge in [0.1, 0.15) is 11.3 Å². The van der Waals surface area contributed by atoms with Crippen LogP contribution >= 0.6 is 0 Å². The lowest BCUT2D eigenvalue weighted by molar-refractivity contribution is -0.134. The van der Waals surface area contributed by atoms with Crippen LogP contribution in [0.1, 0.15) is 40.5 Å². The summed E-state index contributed by atoms with van der Waals surface area (Å²) in [5.41, 5.74) is -0.926. The maximum absolute atomic E-state index is 13.8. The molecule has 0 bridgehead atoms. The monoisotopic (exact) mass is 297 g/mol. The number of carbonyl (C=O) groups excluding carboxylic acids is 2. The standard InChI is InChI=1S/C15H20FNO4/c1-5-7-12(18)20-11-9-6-8-10(16)13(11)17-14(19)21-15(2,3)4/h6,8-9H,5,7H2,1-4H3,(H,17,19). The first-order valence-electron chi connectivity index (χ1n) is 6.72. The molecule has 0 aliphatic carbocycles. The average molecular weight is 297 g/mol. The van der Waals surface area contributed by atoms with Gasteiger partial charge >= 0.3 is 12.1 Å². The summed E-state index contributed by atoms with van der Waals surface area (Å²) < 4.78 is 23.9. The second kappa shape index (κ2) is 7.06. The third-order valence-corrected chi connectivity index (χ3v) is 2.28. The predicted octanol–water partition coefficient (Wildman–Crippen LogP) is 3.88. The summed E-state index contributed by atoms with van der Waals surface area (Å²) in [6, 6.07) is 3.96. The van der Waals surface area contributed by atoms with Gasteiger partial charge in [0, 0.05) is 6.42 Å². The van der Waals surface area contributed by atoms with Gasteiger partial charge in [0.05, 0.1) is 0 Å². The minimum Gasteiger partial charge on any atom is -0.444 e. The van der Waals surface area contributed by atoms with E-state index in [1.54, 1.807) is 20.8 Å². The normalized spacial score (nSPS) is 10.9. The van der Waals surface area contributed by atoms with Crippen LogP contribution in [0.15, 0.2) is 18.2 Å². The summed E-state index contributed by atoms with van der Waals surface area (Å²) in [4.78, 5) is 23.2. The van der Waals surface area contributed by atoms with E-state index in [1.165, 1.54) is 12.1 Å². The fourth-order valence-corrected chi connectivity index (χ4v) is 1.49. The van der Waals surface area contributed by atoms with E-state index in [-0.39, 0.29) is 17.9 Å². The van der Waals surface area contributed by atoms with Crippen molar-refractivity contribution < 1.29 is 23.5 Å². The molecule has 1 N–H and O–H groups in total. The van der Waals surface area contributed by atoms with Crippen molar-refractivity contribution in [3.05, 3.63) is 24.0 Å². The van der Waals surface area contributed by atoms with E-state index >= 15 is 0 Å². The van der Waals surface area contributed by atoms with E-state index in [2.05, 4.69) is 5.32 Å². The molecule has 21 heavy (non-hydrogen) atoms. The van der Waals surface area contributed by atoms with Gasteiger partial charge in [0.25, 0.3) is 0 Å². The van der Waals surface area contributed by atoms with Crippen molar-refractivity contribution in [3.63, 3.8) is 0 Å². The number of anilines is 1. The summed E-state index contributed by atoms with van der Waals surface area (Å²) in [7, 11) is 0. The van der Waals surface area contributed by atoms with Crippen molar-refractivity contribution in [1.82, 2.24) is 0 Å². The Bertz CT molecular complexity index is 523. The van der Waals surface area contributed by atoms with Crippen molar-refractivity contribution in [1.29, 1.82) is 0 Å². The Balaban J connectivity index is 2.90. The molecule has 0 unspecified atom stereocenters. The number of halogens is 1. The minimum absolute atomic E-state index is 0.0423. The molecular weight excluding hydrogens is 277 g/mol. The quantitative estimate of drug-likeness (QED) is 0.676. The number of carbonyl (C=O) groups is 2. The number of amides is 1. The number of ether oxygens (including phenoxy) is 2. The molecule has 0 fully saturated rings. The number of para-hydroxylation sites is 1. The molecule has 1 amide bonds. The number of esters is 1. The molecule has 0 radical (unpaired) electrons. The molecule has 1 rings (SSSR count). The zero-order chi connectivity index (χ0) is 16.0. The van der Waals surface area contributed by atoms with Gasteiger partial charge in [-0.25, -0.2) is 9.18 Å². The van der Waals surface area contributed by atoms with Crippen molar-refractivity contribution in [2.24, 2.45) is 0 Å². The summed E-state index contributed by atoms with van der Waals surface area (Å²) in [6.45, 7) is 6.90. The van der Waals surface area contributed by atoms with Crippen molar-refractivity contribution in [2.45, 2.75) is 46.1 Å². The summed E-state index contributed by atoms with van der Waals surface area (Å²) >= 11 is 0. The zero-order valence-electron chi connectivity index (χ0n) is 12.7. The van der Waals surface area contributed by atoms with Gasteiger partial charge in [0.15, 0.2) is 11.6 Å². The van der Waals surface area contributed by atoms with Crippen LogP contribution in [-0.2, 0) is 9.53 Å². The molecule has 5 nitrogen and oxygen atoms in total. The second-order valence-corrected chi connectivity index (χ2v) is 5.46. The van der Waals surface area contributed by atoms with Crippen LogP contribution < -0.4 is 10.1 Å². The molecule has 0 aromatic heterocycles. The van der Waals surface area contributed by atoms with Gasteiger partial charge in [-0.15, -0.1) is 0 Å². The van der Waals surface area contributed by atoms with E-state index in [1.807, 2.05) is 6.92 Å². The second-order valence-electron chi connectivity index (χ2n) is 5.46. The molecule has 0 aliphatic heterocycles. The molecule has 6 heteroatoms. The largest absolute Gasteiger partial charge is 0.444 e. The number of hydrogen-bond acceptors (Lipinski definition) is 4. The third kappa shape index (κ3) is 5.81. The highest BCUT2D eigenvalue weighted by Crippen LogP contribution is 2.28. The first-order valence-corrected chi connectivity index (χ1v) is 6.72. The number of nitrogens with one attached hydrogen (secondary N) is 1. The van der Waals surface area contributed by atoms with Crippen LogP contribution in [0.2, 0.25) is 0 Å². The lowest BCUT2D eigenvalue weighted by Crippen LogP contribution is -2.27. The lowest BCUT2D eigenvalue weighted by atomic mass is 10.2. The minimum atomic E-state index is -0.819. The van der Waals surface area contributed by atoms with Crippen LogP contribution in [0.25, 0.3) is 0 Å². The molecule has 0 saturated carbocycles. The molecular formula is C15H20FNO4. The number of rotatable bonds is 4. The molecule has 0 atom stereocenters. The Morgan fingerprint density at radius 2 is 1.95 bits per heavy atom. The van der Waals surface area contributed by atoms with Crippen LogP contribution in [0.4, 0.5) is 14.9 Å². The van der Waals surface area contributed by atoms with Gasteiger partial charge in [-0.2, -0.15) is 0 Å². The summed E-state index contributed by atoms with van der Waals surface area (Å²) in [5, 5.41) is 2.27. The molecule has 1 aromatic carbocycles. The third-order valence-electron chi connectivity index (χ3n) is 2.28. The van der Waals surface area contributed by atoms with Crippen LogP contribution in [0.3, 0.4) is 0 Å². The Hall–Kier alpha value is -2.11. The van der Waals surface area contributed by atoms with E-state index in [9.17, 15) is 14.0 Å². The first kappa shape index (κ1) is 16.9. The SMILES string of the molecule is CCCC(=O)Oc1cccc(F)c1NC(=O)OC(C)(C)C. The van der Waals surface area contributed by atoms with Crippen LogP contribution in [0.5, 0.6) is 5.75 Å². The molecule has 116 valence electrons. The maximum Gasteiger partial charge on any atom is 0.412 e. The Kier molecular flexibility index (Phi) is 5.69. The fourth-order valence-electron chi connectivity index (χ4n) is 1.49. The number of hydrogen-bond donors (Lipinski definition) is 1. The van der Waals surface area contributed by atoms with Gasteiger partial charge in [-0.1, -0.05) is 13.0 Å². The van der Waals surface area contributed by atoms with E-state index in [0.29, 0.717) is 6.42 Å². The Labute approximate surface area is 123 Å². The summed E-state index contributed by atoms with van der Waals surface area (Å²) in [6.07, 6.45) is 0.00569. The van der Waals surface area contributed by atoms with Crippen molar-refractivity contribution in [3.8, 4) is 5.75 Å². The van der Waals surface area contributed by atoms with E-state index < -0.39 is 23.5 Å². The maximum atomic E-state index is 13.8.